The van der Waals surface area contributed by atoms with E-state index in [0.29, 0.717) is 5.88 Å². The van der Waals surface area contributed by atoms with Gasteiger partial charge < -0.3 is 9.32 Å². The summed E-state index contributed by atoms with van der Waals surface area (Å²) < 4.78 is 5.04. The molecule has 0 bridgehead atoms. The van der Waals surface area contributed by atoms with E-state index < -0.39 is 0 Å². The van der Waals surface area contributed by atoms with Gasteiger partial charge in [0.25, 0.3) is 0 Å². The number of furan rings is 1. The molecular weight excluding hydrogens is 180 g/mol. The summed E-state index contributed by atoms with van der Waals surface area (Å²) in [6, 6.07) is 3.44. The topological polar surface area (TPSA) is 45.5 Å². The lowest BCUT2D eigenvalue weighted by Crippen LogP contribution is -2.38. The first-order valence-corrected chi connectivity index (χ1v) is 4.96. The van der Waals surface area contributed by atoms with E-state index in [2.05, 4.69) is 5.32 Å². The van der Waals surface area contributed by atoms with Crippen molar-refractivity contribution in [2.75, 3.05) is 18.4 Å². The van der Waals surface area contributed by atoms with Crippen LogP contribution < -0.4 is 5.32 Å². The summed E-state index contributed by atoms with van der Waals surface area (Å²) in [5.41, 5.74) is 0. The minimum absolute atomic E-state index is 0.0559. The van der Waals surface area contributed by atoms with Gasteiger partial charge in [0, 0.05) is 19.2 Å². The molecule has 0 spiro atoms. The van der Waals surface area contributed by atoms with Gasteiger partial charge in [-0.1, -0.05) is 0 Å². The van der Waals surface area contributed by atoms with Crippen LogP contribution in [0.25, 0.3) is 0 Å². The molecule has 4 nitrogen and oxygen atoms in total. The summed E-state index contributed by atoms with van der Waals surface area (Å²) in [6.45, 7) is 1.71. The number of carbonyl (C=O) groups excluding carboxylic acids is 1. The fraction of sp³-hybridized carbons (Fsp3) is 0.500. The molecule has 2 rings (SSSR count). The van der Waals surface area contributed by atoms with Crippen LogP contribution in [0.1, 0.15) is 19.3 Å². The Labute approximate surface area is 82.9 Å². The van der Waals surface area contributed by atoms with E-state index in [-0.39, 0.29) is 6.03 Å². The van der Waals surface area contributed by atoms with Crippen molar-refractivity contribution < 1.29 is 9.21 Å². The first-order chi connectivity index (χ1) is 6.86. The molecule has 76 valence electrons. The van der Waals surface area contributed by atoms with E-state index in [9.17, 15) is 4.79 Å². The molecule has 1 N–H and O–H groups in total. The number of hydrogen-bond donors (Lipinski definition) is 1. The molecule has 0 aliphatic carbocycles. The molecule has 1 fully saturated rings. The van der Waals surface area contributed by atoms with Gasteiger partial charge >= 0.3 is 6.03 Å². The second-order valence-electron chi connectivity index (χ2n) is 3.46. The van der Waals surface area contributed by atoms with Gasteiger partial charge in [-0.25, -0.2) is 4.79 Å². The lowest BCUT2D eigenvalue weighted by Gasteiger charge is -2.26. The highest BCUT2D eigenvalue weighted by Crippen LogP contribution is 2.12. The second kappa shape index (κ2) is 4.17. The molecule has 1 aromatic heterocycles. The van der Waals surface area contributed by atoms with E-state index in [1.165, 1.54) is 6.42 Å². The monoisotopic (exact) mass is 194 g/mol. The van der Waals surface area contributed by atoms with Crippen LogP contribution in [-0.2, 0) is 0 Å². The van der Waals surface area contributed by atoms with Gasteiger partial charge in [0.05, 0.1) is 6.26 Å². The maximum Gasteiger partial charge on any atom is 0.324 e. The fourth-order valence-corrected chi connectivity index (χ4v) is 1.63. The smallest absolute Gasteiger partial charge is 0.324 e. The fourth-order valence-electron chi connectivity index (χ4n) is 1.63. The minimum atomic E-state index is -0.0559. The van der Waals surface area contributed by atoms with Crippen LogP contribution in [0.5, 0.6) is 0 Å². The molecule has 14 heavy (non-hydrogen) atoms. The molecule has 0 saturated carbocycles. The first kappa shape index (κ1) is 9.12. The number of likely N-dealkylation sites (tertiary alicyclic amines) is 1. The van der Waals surface area contributed by atoms with Gasteiger partial charge in [0.2, 0.25) is 5.88 Å². The Morgan fingerprint density at radius 1 is 1.36 bits per heavy atom. The Morgan fingerprint density at radius 3 is 2.79 bits per heavy atom. The van der Waals surface area contributed by atoms with Gasteiger partial charge in [-0.15, -0.1) is 0 Å². The lowest BCUT2D eigenvalue weighted by atomic mass is 10.1. The van der Waals surface area contributed by atoms with E-state index in [0.717, 1.165) is 25.9 Å². The van der Waals surface area contributed by atoms with E-state index in [4.69, 9.17) is 4.42 Å². The highest BCUT2D eigenvalue weighted by atomic mass is 16.3. The van der Waals surface area contributed by atoms with E-state index >= 15 is 0 Å². The summed E-state index contributed by atoms with van der Waals surface area (Å²) in [5.74, 6) is 0.514. The number of rotatable bonds is 1. The quantitative estimate of drug-likeness (QED) is 0.745. The molecule has 1 aliphatic heterocycles. The standard InChI is InChI=1S/C10H14N2O2/c13-10(11-9-5-4-8-14-9)12-6-2-1-3-7-12/h4-5,8H,1-3,6-7H2,(H,11,13). The summed E-state index contributed by atoms with van der Waals surface area (Å²) in [5, 5.41) is 2.71. The van der Waals surface area contributed by atoms with Crippen molar-refractivity contribution in [3.8, 4) is 0 Å². The number of amides is 2. The van der Waals surface area contributed by atoms with Crippen molar-refractivity contribution in [1.82, 2.24) is 4.90 Å². The number of piperidine rings is 1. The van der Waals surface area contributed by atoms with Crippen molar-refractivity contribution in [3.05, 3.63) is 18.4 Å². The Morgan fingerprint density at radius 2 is 2.14 bits per heavy atom. The van der Waals surface area contributed by atoms with E-state index in [1.807, 2.05) is 4.90 Å². The molecule has 2 heterocycles. The van der Waals surface area contributed by atoms with Crippen LogP contribution in [0.15, 0.2) is 22.8 Å². The summed E-state index contributed by atoms with van der Waals surface area (Å²) in [4.78, 5) is 13.4. The molecule has 0 aromatic carbocycles. The average Bonchev–Trinajstić information content (AvgIpc) is 2.72. The number of nitrogens with zero attached hydrogens (tertiary/aromatic N) is 1. The van der Waals surface area contributed by atoms with Crippen LogP contribution in [0.3, 0.4) is 0 Å². The van der Waals surface area contributed by atoms with E-state index in [1.54, 1.807) is 18.4 Å². The number of hydrogen-bond acceptors (Lipinski definition) is 2. The zero-order chi connectivity index (χ0) is 9.80. The highest BCUT2D eigenvalue weighted by molar-refractivity contribution is 5.87. The maximum absolute atomic E-state index is 11.6. The zero-order valence-corrected chi connectivity index (χ0v) is 8.03. The second-order valence-corrected chi connectivity index (χ2v) is 3.46. The van der Waals surface area contributed by atoms with Crippen LogP contribution in [0, 0.1) is 0 Å². The Balaban J connectivity index is 1.88. The number of carbonyl (C=O) groups is 1. The van der Waals surface area contributed by atoms with Gasteiger partial charge in [-0.05, 0) is 25.3 Å². The third-order valence-corrected chi connectivity index (χ3v) is 2.39. The lowest BCUT2D eigenvalue weighted by molar-refractivity contribution is 0.199. The van der Waals surface area contributed by atoms with Crippen LogP contribution in [0.2, 0.25) is 0 Å². The van der Waals surface area contributed by atoms with Gasteiger partial charge in [-0.2, -0.15) is 0 Å². The normalized spacial score (nSPS) is 16.7. The number of urea groups is 1. The van der Waals surface area contributed by atoms with Crippen LogP contribution in [0.4, 0.5) is 10.7 Å². The van der Waals surface area contributed by atoms with Crippen molar-refractivity contribution in [2.24, 2.45) is 0 Å². The third-order valence-electron chi connectivity index (χ3n) is 2.39. The van der Waals surface area contributed by atoms with Crippen molar-refractivity contribution in [1.29, 1.82) is 0 Å². The molecule has 0 unspecified atom stereocenters. The van der Waals surface area contributed by atoms with Gasteiger partial charge in [0.1, 0.15) is 0 Å². The average molecular weight is 194 g/mol. The molecule has 1 saturated heterocycles. The molecule has 2 amide bonds. The molecule has 1 aromatic rings. The molecular formula is C10H14N2O2. The summed E-state index contributed by atoms with van der Waals surface area (Å²) >= 11 is 0. The SMILES string of the molecule is O=C(Nc1ccco1)N1CCCCC1. The largest absolute Gasteiger partial charge is 0.449 e. The van der Waals surface area contributed by atoms with Crippen LogP contribution in [-0.4, -0.2) is 24.0 Å². The Kier molecular flexibility index (Phi) is 2.72. The van der Waals surface area contributed by atoms with Gasteiger partial charge in [0.15, 0.2) is 0 Å². The molecule has 1 aliphatic rings. The first-order valence-electron chi connectivity index (χ1n) is 4.96. The van der Waals surface area contributed by atoms with Gasteiger partial charge in [-0.3, -0.25) is 5.32 Å². The molecule has 4 heteroatoms. The van der Waals surface area contributed by atoms with Crippen LogP contribution >= 0.6 is 0 Å². The summed E-state index contributed by atoms with van der Waals surface area (Å²) in [6.07, 6.45) is 4.98. The number of nitrogens with one attached hydrogen (secondary N) is 1. The van der Waals surface area contributed by atoms with Crippen molar-refractivity contribution in [2.45, 2.75) is 19.3 Å². The third kappa shape index (κ3) is 2.07. The predicted octanol–water partition coefficient (Wildman–Crippen LogP) is 2.30. The zero-order valence-electron chi connectivity index (χ0n) is 8.03. The van der Waals surface area contributed by atoms with Crippen molar-refractivity contribution in [3.63, 3.8) is 0 Å². The molecule has 0 atom stereocenters. The summed E-state index contributed by atoms with van der Waals surface area (Å²) in [7, 11) is 0. The predicted molar refractivity (Wildman–Crippen MR) is 53.2 cm³/mol. The molecule has 0 radical (unpaired) electrons. The minimum Gasteiger partial charge on any atom is -0.449 e. The number of anilines is 1. The van der Waals surface area contributed by atoms with Crippen molar-refractivity contribution >= 4 is 11.9 Å². The Hall–Kier alpha value is -1.45. The Bertz CT molecular complexity index is 289. The maximum atomic E-state index is 11.6. The highest BCUT2D eigenvalue weighted by Gasteiger charge is 2.16.